The number of fused-ring (bicyclic) bond motifs is 1. The van der Waals surface area contributed by atoms with Crippen molar-refractivity contribution in [3.8, 4) is 0 Å². The van der Waals surface area contributed by atoms with E-state index in [1.807, 2.05) is 24.4 Å². The number of hydrogen-bond donors (Lipinski definition) is 3. The predicted molar refractivity (Wildman–Crippen MR) is 96.7 cm³/mol. The van der Waals surface area contributed by atoms with Gasteiger partial charge in [0.05, 0.1) is 6.61 Å². The number of nitrogens with zero attached hydrogens (tertiary/aromatic N) is 2. The number of carbonyl (C=O) groups is 1. The molecule has 2 heterocycles. The van der Waals surface area contributed by atoms with Gasteiger partial charge in [-0.15, -0.1) is 0 Å². The number of ether oxygens (including phenoxy) is 1. The minimum Gasteiger partial charge on any atom is -0.383 e. The number of para-hydroxylation sites is 1. The Morgan fingerprint density at radius 3 is 3.00 bits per heavy atom. The molecule has 3 rings (SSSR count). The molecule has 1 aromatic carbocycles. The third kappa shape index (κ3) is 4.33. The molecule has 0 aliphatic heterocycles. The van der Waals surface area contributed by atoms with Crippen LogP contribution >= 0.6 is 0 Å². The van der Waals surface area contributed by atoms with Gasteiger partial charge in [0.1, 0.15) is 5.69 Å². The number of methoxy groups -OCH3 is 1. The number of aromatic amines is 1. The molecule has 25 heavy (non-hydrogen) atoms. The first-order valence-corrected chi connectivity index (χ1v) is 8.17. The van der Waals surface area contributed by atoms with E-state index in [0.717, 1.165) is 11.9 Å². The van der Waals surface area contributed by atoms with Crippen molar-refractivity contribution < 1.29 is 9.53 Å². The highest BCUT2D eigenvalue weighted by atomic mass is 16.5. The second kappa shape index (κ2) is 8.25. The lowest BCUT2D eigenvalue weighted by atomic mass is 10.1. The van der Waals surface area contributed by atoms with E-state index in [0.29, 0.717) is 31.3 Å². The molecule has 0 spiro atoms. The summed E-state index contributed by atoms with van der Waals surface area (Å²) in [6.07, 6.45) is 4.30. The number of aromatic nitrogens is 3. The molecule has 3 N–H and O–H groups in total. The first-order chi connectivity index (χ1) is 12.3. The lowest BCUT2D eigenvalue weighted by molar-refractivity contribution is 0.0949. The van der Waals surface area contributed by atoms with Gasteiger partial charge in [-0.3, -0.25) is 4.79 Å². The zero-order valence-electron chi connectivity index (χ0n) is 14.1. The van der Waals surface area contributed by atoms with E-state index >= 15 is 0 Å². The third-order valence-corrected chi connectivity index (χ3v) is 3.83. The molecule has 0 unspecified atom stereocenters. The Morgan fingerprint density at radius 1 is 1.24 bits per heavy atom. The molecule has 3 aromatic rings. The van der Waals surface area contributed by atoms with Gasteiger partial charge in [-0.05, 0) is 24.1 Å². The Bertz CT molecular complexity index is 846. The summed E-state index contributed by atoms with van der Waals surface area (Å²) in [5.74, 6) is 0.207. The monoisotopic (exact) mass is 339 g/mol. The minimum atomic E-state index is -0.211. The van der Waals surface area contributed by atoms with Crippen LogP contribution in [0.1, 0.15) is 16.1 Å². The quantitative estimate of drug-likeness (QED) is 0.546. The highest BCUT2D eigenvalue weighted by molar-refractivity contribution is 5.92. The molecule has 0 aliphatic rings. The minimum absolute atomic E-state index is 0.211. The maximum Gasteiger partial charge on any atom is 0.270 e. The number of hydrogen-bond acceptors (Lipinski definition) is 5. The van der Waals surface area contributed by atoms with Crippen LogP contribution in [-0.4, -0.2) is 47.7 Å². The number of rotatable bonds is 8. The van der Waals surface area contributed by atoms with E-state index in [9.17, 15) is 4.79 Å². The highest BCUT2D eigenvalue weighted by Gasteiger charge is 2.09. The van der Waals surface area contributed by atoms with E-state index in [-0.39, 0.29) is 5.91 Å². The fourth-order valence-corrected chi connectivity index (χ4v) is 2.57. The van der Waals surface area contributed by atoms with Crippen molar-refractivity contribution in [2.24, 2.45) is 0 Å². The molecule has 0 bridgehead atoms. The molecule has 130 valence electrons. The van der Waals surface area contributed by atoms with Gasteiger partial charge in [0.2, 0.25) is 5.95 Å². The molecule has 0 fully saturated rings. The smallest absolute Gasteiger partial charge is 0.270 e. The van der Waals surface area contributed by atoms with Crippen LogP contribution in [0.25, 0.3) is 10.9 Å². The lowest BCUT2D eigenvalue weighted by Crippen LogP contribution is -2.27. The van der Waals surface area contributed by atoms with Crippen LogP contribution in [0.3, 0.4) is 0 Å². The van der Waals surface area contributed by atoms with Crippen molar-refractivity contribution >= 4 is 22.8 Å². The summed E-state index contributed by atoms with van der Waals surface area (Å²) in [6, 6.07) is 9.72. The topological polar surface area (TPSA) is 91.9 Å². The first kappa shape index (κ1) is 16.9. The maximum absolute atomic E-state index is 12.3. The number of H-pyrrole nitrogens is 1. The first-order valence-electron chi connectivity index (χ1n) is 8.17. The fraction of sp³-hybridized carbons (Fsp3) is 0.278. The summed E-state index contributed by atoms with van der Waals surface area (Å²) in [7, 11) is 1.63. The number of benzene rings is 1. The molecule has 0 radical (unpaired) electrons. The Labute approximate surface area is 145 Å². The van der Waals surface area contributed by atoms with Crippen LogP contribution in [0.15, 0.2) is 42.7 Å². The number of carbonyl (C=O) groups excluding carboxylic acids is 1. The largest absolute Gasteiger partial charge is 0.383 e. The van der Waals surface area contributed by atoms with Crippen LogP contribution in [0, 0.1) is 0 Å². The van der Waals surface area contributed by atoms with Crippen molar-refractivity contribution in [1.82, 2.24) is 20.3 Å². The SMILES string of the molecule is COCCNc1nccc(C(=O)NCCc2c[nH]c3ccccc23)n1. The highest BCUT2D eigenvalue weighted by Crippen LogP contribution is 2.17. The summed E-state index contributed by atoms with van der Waals surface area (Å²) in [4.78, 5) is 23.8. The van der Waals surface area contributed by atoms with Crippen molar-refractivity contribution in [3.63, 3.8) is 0 Å². The summed E-state index contributed by atoms with van der Waals surface area (Å²) < 4.78 is 4.96. The van der Waals surface area contributed by atoms with Gasteiger partial charge in [0, 0.05) is 43.5 Å². The van der Waals surface area contributed by atoms with Crippen molar-refractivity contribution in [3.05, 3.63) is 54.0 Å². The lowest BCUT2D eigenvalue weighted by Gasteiger charge is -2.07. The molecule has 1 amide bonds. The van der Waals surface area contributed by atoms with Gasteiger partial charge in [0.25, 0.3) is 5.91 Å². The van der Waals surface area contributed by atoms with Gasteiger partial charge in [-0.1, -0.05) is 18.2 Å². The number of nitrogens with one attached hydrogen (secondary N) is 3. The molecule has 0 saturated carbocycles. The second-order valence-electron chi connectivity index (χ2n) is 5.55. The third-order valence-electron chi connectivity index (χ3n) is 3.83. The van der Waals surface area contributed by atoms with Gasteiger partial charge >= 0.3 is 0 Å². The fourth-order valence-electron chi connectivity index (χ4n) is 2.57. The average Bonchev–Trinajstić information content (AvgIpc) is 3.05. The average molecular weight is 339 g/mol. The molecule has 2 aromatic heterocycles. The molecular formula is C18H21N5O2. The van der Waals surface area contributed by atoms with Crippen molar-refractivity contribution in [2.75, 3.05) is 32.1 Å². The van der Waals surface area contributed by atoms with Crippen LogP contribution < -0.4 is 10.6 Å². The zero-order valence-corrected chi connectivity index (χ0v) is 14.1. The van der Waals surface area contributed by atoms with E-state index in [4.69, 9.17) is 4.74 Å². The second-order valence-corrected chi connectivity index (χ2v) is 5.55. The summed E-state index contributed by atoms with van der Waals surface area (Å²) in [6.45, 7) is 1.67. The standard InChI is InChI=1S/C18H21N5O2/c1-25-11-10-21-18-20-9-7-16(23-18)17(24)19-8-6-13-12-22-15-5-3-2-4-14(13)15/h2-5,7,9,12,22H,6,8,10-11H2,1H3,(H,19,24)(H,20,21,23). The van der Waals surface area contributed by atoms with E-state index in [1.54, 1.807) is 19.4 Å². The zero-order chi connectivity index (χ0) is 17.5. The van der Waals surface area contributed by atoms with Crippen LogP contribution in [0.5, 0.6) is 0 Å². The molecule has 0 aliphatic carbocycles. The van der Waals surface area contributed by atoms with Crippen LogP contribution in [-0.2, 0) is 11.2 Å². The van der Waals surface area contributed by atoms with Crippen molar-refractivity contribution in [1.29, 1.82) is 0 Å². The van der Waals surface area contributed by atoms with Crippen LogP contribution in [0.4, 0.5) is 5.95 Å². The van der Waals surface area contributed by atoms with Gasteiger partial charge in [0.15, 0.2) is 0 Å². The molecule has 0 atom stereocenters. The summed E-state index contributed by atoms with van der Waals surface area (Å²) in [5.41, 5.74) is 2.63. The molecule has 7 nitrogen and oxygen atoms in total. The van der Waals surface area contributed by atoms with E-state index < -0.39 is 0 Å². The Hall–Kier alpha value is -2.93. The maximum atomic E-state index is 12.3. The Kier molecular flexibility index (Phi) is 5.58. The normalized spacial score (nSPS) is 10.8. The van der Waals surface area contributed by atoms with E-state index in [1.165, 1.54) is 10.9 Å². The molecule has 0 saturated heterocycles. The Morgan fingerprint density at radius 2 is 2.12 bits per heavy atom. The van der Waals surface area contributed by atoms with Gasteiger partial charge < -0.3 is 20.4 Å². The van der Waals surface area contributed by atoms with Gasteiger partial charge in [-0.25, -0.2) is 9.97 Å². The molecular weight excluding hydrogens is 318 g/mol. The van der Waals surface area contributed by atoms with Gasteiger partial charge in [-0.2, -0.15) is 0 Å². The van der Waals surface area contributed by atoms with Crippen molar-refractivity contribution in [2.45, 2.75) is 6.42 Å². The number of anilines is 1. The number of amides is 1. The Balaban J connectivity index is 1.55. The summed E-state index contributed by atoms with van der Waals surface area (Å²) >= 11 is 0. The van der Waals surface area contributed by atoms with E-state index in [2.05, 4.69) is 31.7 Å². The summed E-state index contributed by atoms with van der Waals surface area (Å²) in [5, 5.41) is 7.09. The molecule has 7 heteroatoms. The van der Waals surface area contributed by atoms with Crippen LogP contribution in [0.2, 0.25) is 0 Å². The predicted octanol–water partition coefficient (Wildman–Crippen LogP) is 1.99.